The van der Waals surface area contributed by atoms with Crippen LogP contribution in [0.2, 0.25) is 0 Å². The second-order valence-corrected chi connectivity index (χ2v) is 5.28. The molecule has 18 heavy (non-hydrogen) atoms. The average Bonchev–Trinajstić information content (AvgIpc) is 2.22. The van der Waals surface area contributed by atoms with E-state index >= 15 is 0 Å². The molecule has 1 aromatic rings. The molecule has 1 aliphatic rings. The van der Waals surface area contributed by atoms with Gasteiger partial charge in [0.1, 0.15) is 5.54 Å². The molecule has 4 N–H and O–H groups in total. The summed E-state index contributed by atoms with van der Waals surface area (Å²) >= 11 is 3.24. The first-order valence-corrected chi connectivity index (χ1v) is 6.35. The summed E-state index contributed by atoms with van der Waals surface area (Å²) in [6.07, 6.45) is 2.12. The Morgan fingerprint density at radius 3 is 2.44 bits per heavy atom. The Morgan fingerprint density at radius 1 is 1.39 bits per heavy atom. The van der Waals surface area contributed by atoms with E-state index in [-0.39, 0.29) is 0 Å². The van der Waals surface area contributed by atoms with Crippen LogP contribution in [-0.4, -0.2) is 22.5 Å². The lowest BCUT2D eigenvalue weighted by molar-refractivity contribution is -0.145. The molecule has 2 rings (SSSR count). The van der Waals surface area contributed by atoms with E-state index in [1.165, 1.54) is 0 Å². The van der Waals surface area contributed by atoms with Gasteiger partial charge in [0.2, 0.25) is 5.91 Å². The summed E-state index contributed by atoms with van der Waals surface area (Å²) in [6, 6.07) is 4.90. The van der Waals surface area contributed by atoms with E-state index in [2.05, 4.69) is 21.2 Å². The predicted octanol–water partition coefficient (Wildman–Crippen LogP) is 1.97. The van der Waals surface area contributed by atoms with Crippen molar-refractivity contribution >= 4 is 33.5 Å². The van der Waals surface area contributed by atoms with Gasteiger partial charge in [-0.3, -0.25) is 4.79 Å². The molecule has 1 fully saturated rings. The highest BCUT2D eigenvalue weighted by Gasteiger charge is 2.44. The monoisotopic (exact) mass is 312 g/mol. The minimum absolute atomic E-state index is 0.374. The van der Waals surface area contributed by atoms with Crippen molar-refractivity contribution in [1.29, 1.82) is 0 Å². The van der Waals surface area contributed by atoms with Crippen LogP contribution >= 0.6 is 15.9 Å². The molecule has 0 spiro atoms. The SMILES string of the molecule is NC(=O)c1ccc(NC2(C(=O)O)CCC2)cc1Br. The molecular formula is C12H13BrN2O3. The van der Waals surface area contributed by atoms with Gasteiger partial charge < -0.3 is 16.2 Å². The number of carboxylic acids is 1. The van der Waals surface area contributed by atoms with Crippen molar-refractivity contribution in [1.82, 2.24) is 0 Å². The van der Waals surface area contributed by atoms with Gasteiger partial charge >= 0.3 is 5.97 Å². The number of primary amides is 1. The third-order valence-corrected chi connectivity index (χ3v) is 3.89. The molecule has 0 saturated heterocycles. The van der Waals surface area contributed by atoms with Gasteiger partial charge in [0.15, 0.2) is 0 Å². The van der Waals surface area contributed by atoms with Gasteiger partial charge in [0.25, 0.3) is 0 Å². The van der Waals surface area contributed by atoms with Crippen LogP contribution in [0.3, 0.4) is 0 Å². The van der Waals surface area contributed by atoms with Crippen LogP contribution < -0.4 is 11.1 Å². The Balaban J connectivity index is 2.23. The highest BCUT2D eigenvalue weighted by molar-refractivity contribution is 9.10. The molecule has 0 heterocycles. The lowest BCUT2D eigenvalue weighted by atomic mass is 9.76. The first-order valence-electron chi connectivity index (χ1n) is 5.55. The fourth-order valence-corrected chi connectivity index (χ4v) is 2.57. The normalized spacial score (nSPS) is 16.7. The van der Waals surface area contributed by atoms with Crippen molar-refractivity contribution in [3.8, 4) is 0 Å². The number of carbonyl (C=O) groups is 2. The number of hydrogen-bond donors (Lipinski definition) is 3. The van der Waals surface area contributed by atoms with Gasteiger partial charge in [0.05, 0.1) is 5.56 Å². The first kappa shape index (κ1) is 12.9. The van der Waals surface area contributed by atoms with Crippen molar-refractivity contribution in [3.63, 3.8) is 0 Å². The maximum atomic E-state index is 11.2. The van der Waals surface area contributed by atoms with Gasteiger partial charge in [-0.25, -0.2) is 4.79 Å². The number of carbonyl (C=O) groups excluding carboxylic acids is 1. The summed E-state index contributed by atoms with van der Waals surface area (Å²) < 4.78 is 0.555. The Labute approximate surface area is 112 Å². The van der Waals surface area contributed by atoms with Crippen LogP contribution in [-0.2, 0) is 4.79 Å². The summed E-state index contributed by atoms with van der Waals surface area (Å²) in [4.78, 5) is 22.3. The molecule has 0 radical (unpaired) electrons. The van der Waals surface area contributed by atoms with Crippen molar-refractivity contribution in [2.75, 3.05) is 5.32 Å². The van der Waals surface area contributed by atoms with Gasteiger partial charge in [-0.2, -0.15) is 0 Å². The van der Waals surface area contributed by atoms with Crippen LogP contribution in [0, 0.1) is 0 Å². The number of anilines is 1. The minimum atomic E-state index is -0.867. The Morgan fingerprint density at radius 2 is 2.06 bits per heavy atom. The molecule has 0 aromatic heterocycles. The lowest BCUT2D eigenvalue weighted by Gasteiger charge is -2.39. The van der Waals surface area contributed by atoms with E-state index in [1.54, 1.807) is 18.2 Å². The molecule has 6 heteroatoms. The number of rotatable bonds is 4. The molecule has 1 aromatic carbocycles. The van der Waals surface area contributed by atoms with Crippen molar-refractivity contribution < 1.29 is 14.7 Å². The number of nitrogens with one attached hydrogen (secondary N) is 1. The molecular weight excluding hydrogens is 300 g/mol. The number of halogens is 1. The number of amides is 1. The summed E-state index contributed by atoms with van der Waals surface area (Å²) in [6.45, 7) is 0. The maximum Gasteiger partial charge on any atom is 0.329 e. The molecule has 0 aliphatic heterocycles. The van der Waals surface area contributed by atoms with Crippen LogP contribution in [0.15, 0.2) is 22.7 Å². The van der Waals surface area contributed by atoms with Gasteiger partial charge in [-0.05, 0) is 53.4 Å². The average molecular weight is 313 g/mol. The summed E-state index contributed by atoms with van der Waals surface area (Å²) in [7, 11) is 0. The largest absolute Gasteiger partial charge is 0.480 e. The van der Waals surface area contributed by atoms with Crippen LogP contribution in [0.1, 0.15) is 29.6 Å². The Bertz CT molecular complexity index is 512. The van der Waals surface area contributed by atoms with E-state index < -0.39 is 17.4 Å². The molecule has 96 valence electrons. The van der Waals surface area contributed by atoms with Gasteiger partial charge in [-0.15, -0.1) is 0 Å². The van der Waals surface area contributed by atoms with E-state index in [0.717, 1.165) is 6.42 Å². The lowest BCUT2D eigenvalue weighted by Crippen LogP contribution is -2.52. The summed E-state index contributed by atoms with van der Waals surface area (Å²) in [5, 5.41) is 12.2. The molecule has 1 aliphatic carbocycles. The van der Waals surface area contributed by atoms with Crippen molar-refractivity contribution in [3.05, 3.63) is 28.2 Å². The summed E-state index contributed by atoms with van der Waals surface area (Å²) in [5.74, 6) is -1.37. The molecule has 1 amide bonds. The molecule has 5 nitrogen and oxygen atoms in total. The zero-order valence-corrected chi connectivity index (χ0v) is 11.2. The third kappa shape index (κ3) is 2.20. The first-order chi connectivity index (χ1) is 8.44. The van der Waals surface area contributed by atoms with Gasteiger partial charge in [0, 0.05) is 10.2 Å². The smallest absolute Gasteiger partial charge is 0.329 e. The standard InChI is InChI=1S/C12H13BrN2O3/c13-9-6-7(2-3-8(9)10(14)16)15-12(11(17)18)4-1-5-12/h2-3,6,15H,1,4-5H2,(H2,14,16)(H,17,18). The summed E-state index contributed by atoms with van der Waals surface area (Å²) in [5.41, 5.74) is 5.36. The van der Waals surface area contributed by atoms with E-state index in [1.807, 2.05) is 0 Å². The minimum Gasteiger partial charge on any atom is -0.480 e. The predicted molar refractivity (Wildman–Crippen MR) is 70.5 cm³/mol. The van der Waals surface area contributed by atoms with Crippen LogP contribution in [0.4, 0.5) is 5.69 Å². The molecule has 0 unspecified atom stereocenters. The molecule has 1 saturated carbocycles. The Hall–Kier alpha value is -1.56. The van der Waals surface area contributed by atoms with E-state index in [9.17, 15) is 14.7 Å². The number of nitrogens with two attached hydrogens (primary N) is 1. The Kier molecular flexibility index (Phi) is 3.30. The fourth-order valence-electron chi connectivity index (χ4n) is 1.99. The van der Waals surface area contributed by atoms with Crippen LogP contribution in [0.25, 0.3) is 0 Å². The quantitative estimate of drug-likeness (QED) is 0.792. The van der Waals surface area contributed by atoms with Crippen molar-refractivity contribution in [2.45, 2.75) is 24.8 Å². The zero-order chi connectivity index (χ0) is 13.3. The van der Waals surface area contributed by atoms with Crippen molar-refractivity contribution in [2.24, 2.45) is 5.73 Å². The molecule has 0 bridgehead atoms. The molecule has 0 atom stereocenters. The topological polar surface area (TPSA) is 92.4 Å². The number of benzene rings is 1. The maximum absolute atomic E-state index is 11.2. The number of carboxylic acid groups (broad SMARTS) is 1. The van der Waals surface area contributed by atoms with Crippen LogP contribution in [0.5, 0.6) is 0 Å². The second kappa shape index (κ2) is 4.61. The fraction of sp³-hybridized carbons (Fsp3) is 0.333. The van der Waals surface area contributed by atoms with E-state index in [4.69, 9.17) is 5.73 Å². The van der Waals surface area contributed by atoms with Gasteiger partial charge in [-0.1, -0.05) is 0 Å². The highest BCUT2D eigenvalue weighted by atomic mass is 79.9. The highest BCUT2D eigenvalue weighted by Crippen LogP contribution is 2.36. The number of hydrogen-bond acceptors (Lipinski definition) is 3. The third-order valence-electron chi connectivity index (χ3n) is 3.23. The zero-order valence-electron chi connectivity index (χ0n) is 9.57. The second-order valence-electron chi connectivity index (χ2n) is 4.42. The van der Waals surface area contributed by atoms with E-state index in [0.29, 0.717) is 28.6 Å². The number of aliphatic carboxylic acids is 1.